The van der Waals surface area contributed by atoms with Gasteiger partial charge in [-0.3, -0.25) is 0 Å². The SMILES string of the molecule is [3H]B(BB)B(B)B. The van der Waals surface area contributed by atoms with Crippen LogP contribution in [0.4, 0.5) is 0 Å². The van der Waals surface area contributed by atoms with E-state index in [0.717, 1.165) is 7.06 Å². The molecule has 0 aliphatic carbocycles. The maximum Gasteiger partial charge on any atom is 0.0597 e. The van der Waals surface area contributed by atoms with Crippen LogP contribution in [0.25, 0.3) is 0 Å². The summed E-state index contributed by atoms with van der Waals surface area (Å²) in [5, 5.41) is 0. The van der Waals surface area contributed by atoms with Gasteiger partial charge in [0, 0.05) is 20.5 Å². The van der Waals surface area contributed by atoms with Crippen LogP contribution in [0.2, 0.25) is 0 Å². The number of hydrogen-bond donors (Lipinski definition) is 0. The lowest BCUT2D eigenvalue weighted by Gasteiger charge is -1.86. The van der Waals surface area contributed by atoms with Crippen LogP contribution in [-0.4, -0.2) is 45.0 Å². The predicted molar refractivity (Wildman–Crippen MR) is 45.7 cm³/mol. The highest BCUT2D eigenvalue weighted by atomic mass is 12.7. The zero-order valence-electron chi connectivity index (χ0n) is 5.86. The summed E-state index contributed by atoms with van der Waals surface area (Å²) in [5.41, 5.74) is 0. The first-order chi connectivity index (χ1) is 3.18. The zero-order valence-corrected chi connectivity index (χ0v) is 4.86. The Kier molecular flexibility index (Phi) is 2.71. The van der Waals surface area contributed by atoms with Gasteiger partial charge in [0.1, 0.15) is 0 Å². The third-order valence-corrected chi connectivity index (χ3v) is 0.707. The van der Waals surface area contributed by atoms with E-state index in [9.17, 15) is 0 Å². The van der Waals surface area contributed by atoms with Gasteiger partial charge in [-0.1, -0.05) is 0 Å². The second kappa shape index (κ2) is 3.58. The van der Waals surface area contributed by atoms with Gasteiger partial charge in [0.25, 0.3) is 0 Å². The maximum atomic E-state index is 7.28. The van der Waals surface area contributed by atoms with Gasteiger partial charge >= 0.3 is 0 Å². The minimum Gasteiger partial charge on any atom is -0.0383 e. The molecule has 0 aliphatic rings. The van der Waals surface area contributed by atoms with Crippen molar-refractivity contribution in [1.29, 1.82) is 1.34 Å². The van der Waals surface area contributed by atoms with Gasteiger partial charge in [0.05, 0.1) is 23.2 Å². The van der Waals surface area contributed by atoms with Crippen molar-refractivity contribution in [3.8, 4) is 0 Å². The molecule has 0 atom stereocenters. The summed E-state index contributed by atoms with van der Waals surface area (Å²) in [5.74, 6) is 0. The first kappa shape index (κ1) is 4.55. The summed E-state index contributed by atoms with van der Waals surface area (Å²) in [7, 11) is 7.36. The molecule has 0 heterocycles. The Labute approximate surface area is 45.9 Å². The second-order valence-corrected chi connectivity index (χ2v) is 1.89. The molecule has 26 valence electrons. The first-order valence-electron chi connectivity index (χ1n) is 3.18. The Morgan fingerprint density at radius 3 is 2.17 bits per heavy atom. The summed E-state index contributed by atoms with van der Waals surface area (Å²) in [4.78, 5) is 0. The van der Waals surface area contributed by atoms with E-state index in [2.05, 4.69) is 23.2 Å². The second-order valence-electron chi connectivity index (χ2n) is 1.89. The monoisotopic (exact) mass is 76.1 g/mol. The molecule has 6 heteroatoms. The fourth-order valence-corrected chi connectivity index (χ4v) is 0.471. The van der Waals surface area contributed by atoms with E-state index in [1.165, 1.54) is 0 Å². The third-order valence-electron chi connectivity index (χ3n) is 0.707. The molecule has 0 saturated carbocycles. The van der Waals surface area contributed by atoms with Crippen molar-refractivity contribution < 1.29 is 0 Å². The highest BCUT2D eigenvalue weighted by molar-refractivity contribution is 7.66. The Morgan fingerprint density at radius 2 is 2.17 bits per heavy atom. The zero-order chi connectivity index (χ0) is 5.86. The Morgan fingerprint density at radius 1 is 1.67 bits per heavy atom. The fourth-order valence-electron chi connectivity index (χ4n) is 0.471. The molecule has 6 heavy (non-hydrogen) atoms. The average Bonchev–Trinajstić information content (AvgIpc) is 1.65. The minimum atomic E-state index is 0.153. The van der Waals surface area contributed by atoms with Gasteiger partial charge < -0.3 is 0 Å². The summed E-state index contributed by atoms with van der Waals surface area (Å²) in [6, 6.07) is 0. The molecule has 0 unspecified atom stereocenters. The Balaban J connectivity index is 3.14. The molecular weight excluding hydrogens is 64.9 g/mol. The lowest BCUT2D eigenvalue weighted by Crippen LogP contribution is -2.28. The molecule has 0 rings (SSSR count). The van der Waals surface area contributed by atoms with Crippen molar-refractivity contribution in [3.63, 3.8) is 0 Å². The molecular formula is H8B6. The molecule has 0 N–H and O–H groups in total. The van der Waals surface area contributed by atoms with Crippen LogP contribution in [0.5, 0.6) is 0 Å². The van der Waals surface area contributed by atoms with Crippen molar-refractivity contribution in [1.82, 2.24) is 0 Å². The van der Waals surface area contributed by atoms with E-state index in [4.69, 9.17) is 1.34 Å². The van der Waals surface area contributed by atoms with E-state index in [1.807, 2.05) is 0 Å². The highest BCUT2D eigenvalue weighted by Gasteiger charge is 1.94. The summed E-state index contributed by atoms with van der Waals surface area (Å²) >= 11 is 0. The van der Waals surface area contributed by atoms with Crippen molar-refractivity contribution in [3.05, 3.63) is 0 Å². The molecule has 0 fully saturated rings. The molecule has 0 amide bonds. The molecule has 0 nitrogen and oxygen atoms in total. The Hall–Kier alpha value is 0.390. The highest BCUT2D eigenvalue weighted by Crippen LogP contribution is 1.52. The fraction of sp³-hybridized carbons (Fsp3) is 0. The summed E-state index contributed by atoms with van der Waals surface area (Å²) < 4.78 is 7.28. The molecule has 0 saturated heterocycles. The van der Waals surface area contributed by atoms with Crippen molar-refractivity contribution in [2.45, 2.75) is 0 Å². The van der Waals surface area contributed by atoms with Gasteiger partial charge in [-0.05, 0) is 1.34 Å². The smallest absolute Gasteiger partial charge is 0.0383 e. The lowest BCUT2D eigenvalue weighted by atomic mass is 8.91. The van der Waals surface area contributed by atoms with Gasteiger partial charge in [-0.15, -0.1) is 0 Å². The van der Waals surface area contributed by atoms with Crippen LogP contribution in [0.1, 0.15) is 0 Å². The minimum absolute atomic E-state index is 0.153. The van der Waals surface area contributed by atoms with Crippen molar-refractivity contribution >= 4 is 43.7 Å². The van der Waals surface area contributed by atoms with Crippen LogP contribution in [-0.2, 0) is 0 Å². The van der Waals surface area contributed by atoms with E-state index in [-0.39, 0.29) is 7.02 Å². The number of rotatable bonds is 2. The van der Waals surface area contributed by atoms with Crippen LogP contribution in [0.3, 0.4) is 0 Å². The largest absolute Gasteiger partial charge is 0.0597 e. The summed E-state index contributed by atoms with van der Waals surface area (Å²) in [6.07, 6.45) is 0.532. The molecule has 0 bridgehead atoms. The predicted octanol–water partition coefficient (Wildman–Crippen LogP) is -4.43. The molecule has 0 spiro atoms. The molecule has 0 aromatic carbocycles. The van der Waals surface area contributed by atoms with Crippen LogP contribution < -0.4 is 0 Å². The molecule has 0 aromatic heterocycles. The topological polar surface area (TPSA) is 0 Å². The lowest BCUT2D eigenvalue weighted by molar-refractivity contribution is 3.85. The van der Waals surface area contributed by atoms with E-state index >= 15 is 0 Å². The molecule has 0 aromatic rings. The van der Waals surface area contributed by atoms with E-state index in [0.29, 0.717) is 6.39 Å². The van der Waals surface area contributed by atoms with E-state index in [1.54, 1.807) is 0 Å². The van der Waals surface area contributed by atoms with Crippen molar-refractivity contribution in [2.75, 3.05) is 0 Å². The molecule has 0 radical (unpaired) electrons. The van der Waals surface area contributed by atoms with Crippen LogP contribution in [0, 0.1) is 0 Å². The standard InChI is InChI=1S/B6H8/c1-4-5-6(2)3/h4-5H,1-3H2/i5T. The first-order valence-corrected chi connectivity index (χ1v) is 2.60. The van der Waals surface area contributed by atoms with Gasteiger partial charge in [0.15, 0.2) is 0 Å². The average molecular weight is 74.9 g/mol. The summed E-state index contributed by atoms with van der Waals surface area (Å²) in [6.45, 7) is 0. The van der Waals surface area contributed by atoms with Gasteiger partial charge in [0.2, 0.25) is 0 Å². The molecule has 0 aliphatic heterocycles. The van der Waals surface area contributed by atoms with Crippen molar-refractivity contribution in [2.24, 2.45) is 0 Å². The van der Waals surface area contributed by atoms with Gasteiger partial charge in [-0.25, -0.2) is 0 Å². The van der Waals surface area contributed by atoms with Crippen LogP contribution in [0.15, 0.2) is 0 Å². The van der Waals surface area contributed by atoms with E-state index < -0.39 is 0 Å². The number of hydrogen-bond acceptors (Lipinski definition) is 0. The quantitative estimate of drug-likeness (QED) is 0.290. The third kappa shape index (κ3) is 4.39. The van der Waals surface area contributed by atoms with Gasteiger partial charge in [-0.2, -0.15) is 0 Å². The normalized spacial score (nSPS) is 9.00. The van der Waals surface area contributed by atoms with Crippen LogP contribution >= 0.6 is 0 Å². The maximum absolute atomic E-state index is 7.28. The Bertz CT molecular complexity index is 41.4.